The van der Waals surface area contributed by atoms with E-state index in [-0.39, 0.29) is 4.60 Å². The third-order valence-electron chi connectivity index (χ3n) is 0.700. The van der Waals surface area contributed by atoms with Gasteiger partial charge in [-0.15, -0.1) is 10.2 Å². The van der Waals surface area contributed by atoms with Crippen LogP contribution in [0.15, 0.2) is 16.7 Å². The SMILES string of the molecule is [2H]c1c(Br)nnc(OC([2H])([2H])C([2H])([2H])C([2H])([2H])[2H])c1[2H]. The molecule has 0 aromatic carbocycles. The molecule has 0 aliphatic rings. The summed E-state index contributed by atoms with van der Waals surface area (Å²) in [7, 11) is 0. The van der Waals surface area contributed by atoms with Crippen LogP contribution >= 0.6 is 15.9 Å². The predicted octanol–water partition coefficient (Wildman–Crippen LogP) is 2.03. The van der Waals surface area contributed by atoms with E-state index >= 15 is 0 Å². The maximum atomic E-state index is 7.50. The normalized spacial score (nSPS) is 25.4. The highest BCUT2D eigenvalue weighted by atomic mass is 79.9. The molecule has 1 aromatic rings. The van der Waals surface area contributed by atoms with Gasteiger partial charge in [-0.3, -0.25) is 0 Å². The van der Waals surface area contributed by atoms with Gasteiger partial charge in [0.05, 0.1) is 12.0 Å². The van der Waals surface area contributed by atoms with E-state index in [9.17, 15) is 0 Å². The van der Waals surface area contributed by atoms with E-state index in [4.69, 9.17) is 12.3 Å². The van der Waals surface area contributed by atoms with Crippen LogP contribution in [0.4, 0.5) is 0 Å². The maximum Gasteiger partial charge on any atom is 0.233 e. The first-order valence-corrected chi connectivity index (χ1v) is 3.29. The summed E-state index contributed by atoms with van der Waals surface area (Å²) >= 11 is 2.84. The minimum atomic E-state index is -3.34. The second-order valence-corrected chi connectivity index (χ2v) is 2.13. The first-order valence-electron chi connectivity index (χ1n) is 6.99. The highest BCUT2D eigenvalue weighted by Gasteiger charge is 1.93. The summed E-state index contributed by atoms with van der Waals surface area (Å²) in [5.41, 5.74) is 0. The highest BCUT2D eigenvalue weighted by Crippen LogP contribution is 2.08. The molecule has 0 unspecified atom stereocenters. The van der Waals surface area contributed by atoms with Crippen LogP contribution in [0.25, 0.3) is 0 Å². The number of hydrogen-bond acceptors (Lipinski definition) is 3. The van der Waals surface area contributed by atoms with Crippen molar-refractivity contribution in [3.8, 4) is 5.88 Å². The van der Waals surface area contributed by atoms with Gasteiger partial charge in [-0.1, -0.05) is 6.85 Å². The third-order valence-corrected chi connectivity index (χ3v) is 1.06. The molecule has 0 fully saturated rings. The van der Waals surface area contributed by atoms with E-state index in [0.717, 1.165) is 0 Å². The van der Waals surface area contributed by atoms with E-state index in [2.05, 4.69) is 30.9 Å². The lowest BCUT2D eigenvalue weighted by molar-refractivity contribution is 0.301. The summed E-state index contributed by atoms with van der Waals surface area (Å²) < 4.78 is 69.9. The van der Waals surface area contributed by atoms with Crippen molar-refractivity contribution in [2.45, 2.75) is 13.2 Å². The van der Waals surface area contributed by atoms with E-state index < -0.39 is 37.7 Å². The zero-order valence-electron chi connectivity index (χ0n) is 14.2. The Bertz CT molecular complexity index is 518. The fourth-order valence-electron chi connectivity index (χ4n) is 0.364. The Morgan fingerprint density at radius 2 is 2.73 bits per heavy atom. The standard InChI is InChI=1S/C7H9BrN2O/c1-2-5-11-7-4-3-6(8)9-10-7/h3-4H,2,5H2,1H3/i1D3,2D2,3D,4D,5D2. The zero-order valence-corrected chi connectivity index (χ0v) is 6.77. The number of aromatic nitrogens is 2. The molecule has 0 radical (unpaired) electrons. The van der Waals surface area contributed by atoms with Crippen LogP contribution in [0, 0.1) is 0 Å². The number of ether oxygens (including phenoxy) is 1. The molecule has 0 saturated heterocycles. The topological polar surface area (TPSA) is 35.0 Å². The number of nitrogens with zero attached hydrogens (tertiary/aromatic N) is 2. The summed E-state index contributed by atoms with van der Waals surface area (Å²) in [5, 5.41) is 6.67. The third kappa shape index (κ3) is 2.84. The monoisotopic (exact) mass is 225 g/mol. The van der Waals surface area contributed by atoms with Crippen LogP contribution in [0.3, 0.4) is 0 Å². The van der Waals surface area contributed by atoms with Gasteiger partial charge in [0, 0.05) is 12.9 Å². The second kappa shape index (κ2) is 4.28. The van der Waals surface area contributed by atoms with Gasteiger partial charge in [0.1, 0.15) is 4.60 Å². The summed E-state index contributed by atoms with van der Waals surface area (Å²) in [6.45, 7) is -6.58. The Kier molecular flexibility index (Phi) is 0.943. The molecule has 0 amide bonds. The van der Waals surface area contributed by atoms with Gasteiger partial charge in [-0.2, -0.15) is 0 Å². The smallest absolute Gasteiger partial charge is 0.233 e. The van der Waals surface area contributed by atoms with E-state index in [1.807, 2.05) is 0 Å². The molecule has 60 valence electrons. The molecular formula is C7H9BrN2O. The number of hydrogen-bond donors (Lipinski definition) is 0. The lowest BCUT2D eigenvalue weighted by atomic mass is 10.5. The van der Waals surface area contributed by atoms with E-state index in [0.29, 0.717) is 0 Å². The first-order chi connectivity index (χ1) is 8.81. The fraction of sp³-hybridized carbons (Fsp3) is 0.429. The predicted molar refractivity (Wildman–Crippen MR) is 45.5 cm³/mol. The Morgan fingerprint density at radius 3 is 3.55 bits per heavy atom. The highest BCUT2D eigenvalue weighted by molar-refractivity contribution is 9.10. The Hall–Kier alpha value is -0.640. The van der Waals surface area contributed by atoms with Crippen molar-refractivity contribution in [3.05, 3.63) is 16.7 Å². The molecule has 0 bridgehead atoms. The van der Waals surface area contributed by atoms with E-state index in [1.165, 1.54) is 0 Å². The number of halogens is 1. The van der Waals surface area contributed by atoms with Crippen molar-refractivity contribution in [1.82, 2.24) is 10.2 Å². The van der Waals surface area contributed by atoms with Crippen molar-refractivity contribution in [3.63, 3.8) is 0 Å². The fourth-order valence-corrected chi connectivity index (χ4v) is 0.543. The zero-order chi connectivity index (χ0) is 15.9. The minimum Gasteiger partial charge on any atom is -0.477 e. The molecule has 0 atom stereocenters. The average molecular weight is 226 g/mol. The van der Waals surface area contributed by atoms with Crippen LogP contribution in [0.5, 0.6) is 5.88 Å². The Balaban J connectivity index is 3.18. The molecule has 0 aliphatic carbocycles. The van der Waals surface area contributed by atoms with Gasteiger partial charge in [0.25, 0.3) is 0 Å². The lowest BCUT2D eigenvalue weighted by Gasteiger charge is -2.00. The quantitative estimate of drug-likeness (QED) is 0.790. The van der Waals surface area contributed by atoms with Crippen LogP contribution in [-0.2, 0) is 0 Å². The molecule has 1 rings (SSSR count). The van der Waals surface area contributed by atoms with Crippen molar-refractivity contribution in [2.24, 2.45) is 0 Å². The van der Waals surface area contributed by atoms with Gasteiger partial charge in [0.2, 0.25) is 5.88 Å². The molecule has 0 saturated carbocycles. The first kappa shape index (κ1) is 2.42. The van der Waals surface area contributed by atoms with Crippen molar-refractivity contribution < 1.29 is 17.1 Å². The lowest BCUT2D eigenvalue weighted by Crippen LogP contribution is -1.97. The number of rotatable bonds is 3. The van der Waals surface area contributed by atoms with Gasteiger partial charge >= 0.3 is 0 Å². The molecule has 0 N–H and O–H groups in total. The van der Waals surface area contributed by atoms with Crippen molar-refractivity contribution in [2.75, 3.05) is 6.56 Å². The summed E-state index contributed by atoms with van der Waals surface area (Å²) in [5.74, 6) is -0.767. The molecule has 1 aromatic heterocycles. The van der Waals surface area contributed by atoms with Gasteiger partial charge in [-0.25, -0.2) is 0 Å². The van der Waals surface area contributed by atoms with Crippen LogP contribution in [0.1, 0.15) is 25.6 Å². The summed E-state index contributed by atoms with van der Waals surface area (Å²) in [6.07, 6.45) is -3.34. The molecule has 1 heterocycles. The Morgan fingerprint density at radius 1 is 1.82 bits per heavy atom. The molecule has 11 heavy (non-hydrogen) atoms. The van der Waals surface area contributed by atoms with Gasteiger partial charge < -0.3 is 4.74 Å². The average Bonchev–Trinajstić information content (AvgIpc) is 2.28. The Labute approximate surface area is 86.6 Å². The van der Waals surface area contributed by atoms with Crippen molar-refractivity contribution >= 4 is 15.9 Å². The van der Waals surface area contributed by atoms with Crippen molar-refractivity contribution in [1.29, 1.82) is 0 Å². The van der Waals surface area contributed by atoms with Crippen LogP contribution in [-0.4, -0.2) is 16.8 Å². The molecule has 0 spiro atoms. The molecule has 4 heteroatoms. The minimum absolute atomic E-state index is 0.0748. The van der Waals surface area contributed by atoms with Gasteiger partial charge in [0.15, 0.2) is 0 Å². The van der Waals surface area contributed by atoms with Crippen LogP contribution < -0.4 is 4.74 Å². The van der Waals surface area contributed by atoms with Gasteiger partial charge in [-0.05, 0) is 28.3 Å². The second-order valence-electron chi connectivity index (χ2n) is 1.38. The van der Waals surface area contributed by atoms with E-state index in [1.54, 1.807) is 0 Å². The molecule has 3 nitrogen and oxygen atoms in total. The largest absolute Gasteiger partial charge is 0.477 e. The maximum absolute atomic E-state index is 7.50. The molecular weight excluding hydrogens is 208 g/mol. The summed E-state index contributed by atoms with van der Waals surface area (Å²) in [4.78, 5) is 0. The summed E-state index contributed by atoms with van der Waals surface area (Å²) in [6, 6.07) is -1.09. The van der Waals surface area contributed by atoms with Crippen LogP contribution in [0.2, 0.25) is 0 Å². The molecule has 0 aliphatic heterocycles.